The number of nitrogens with one attached hydrogen (secondary N) is 1. The summed E-state index contributed by atoms with van der Waals surface area (Å²) < 4.78 is 7.89. The van der Waals surface area contributed by atoms with Crippen LogP contribution in [-0.4, -0.2) is 22.2 Å². The van der Waals surface area contributed by atoms with Crippen molar-refractivity contribution >= 4 is 0 Å². The average Bonchev–Trinajstić information content (AvgIpc) is 2.96. The lowest BCUT2D eigenvalue weighted by Gasteiger charge is -2.11. The molecule has 0 amide bonds. The molecule has 0 radical (unpaired) electrons. The highest BCUT2D eigenvalue weighted by Gasteiger charge is 2.21. The van der Waals surface area contributed by atoms with Gasteiger partial charge in [0.05, 0.1) is 6.54 Å². The molecule has 0 bridgehead atoms. The number of aromatic nitrogens is 2. The fourth-order valence-corrected chi connectivity index (χ4v) is 2.28. The Morgan fingerprint density at radius 2 is 2.33 bits per heavy atom. The van der Waals surface area contributed by atoms with Crippen LogP contribution in [0.4, 0.5) is 0 Å². The van der Waals surface area contributed by atoms with Crippen LogP contribution >= 0.6 is 0 Å². The van der Waals surface area contributed by atoms with E-state index in [1.165, 1.54) is 5.56 Å². The third-order valence-electron chi connectivity index (χ3n) is 3.29. The largest absolute Gasteiger partial charge is 0.488 e. The van der Waals surface area contributed by atoms with Crippen LogP contribution in [0.3, 0.4) is 0 Å². The quantitative estimate of drug-likeness (QED) is 0.884. The molecule has 1 aliphatic rings. The Balaban J connectivity index is 1.50. The highest BCUT2D eigenvalue weighted by Crippen LogP contribution is 2.27. The molecule has 0 fully saturated rings. The molecule has 18 heavy (non-hydrogen) atoms. The minimum atomic E-state index is 0.239. The van der Waals surface area contributed by atoms with Crippen LogP contribution < -0.4 is 10.1 Å². The van der Waals surface area contributed by atoms with Crippen LogP contribution in [0.25, 0.3) is 0 Å². The van der Waals surface area contributed by atoms with Crippen LogP contribution in [0.15, 0.2) is 36.7 Å². The highest BCUT2D eigenvalue weighted by atomic mass is 16.5. The molecule has 1 aromatic carbocycles. The average molecular weight is 243 g/mol. The number of ether oxygens (including phenoxy) is 1. The Hall–Kier alpha value is -1.81. The number of nitrogens with zero attached hydrogens (tertiary/aromatic N) is 2. The van der Waals surface area contributed by atoms with Gasteiger partial charge in [-0.2, -0.15) is 0 Å². The van der Waals surface area contributed by atoms with E-state index < -0.39 is 0 Å². The number of para-hydroxylation sites is 1. The van der Waals surface area contributed by atoms with Gasteiger partial charge in [0, 0.05) is 32.4 Å². The molecule has 94 valence electrons. The second-order valence-electron chi connectivity index (χ2n) is 4.64. The van der Waals surface area contributed by atoms with Gasteiger partial charge in [-0.15, -0.1) is 0 Å². The van der Waals surface area contributed by atoms with Crippen molar-refractivity contribution in [3.8, 4) is 5.75 Å². The van der Waals surface area contributed by atoms with Crippen molar-refractivity contribution in [3.63, 3.8) is 0 Å². The summed E-state index contributed by atoms with van der Waals surface area (Å²) in [4.78, 5) is 4.28. The first kappa shape index (κ1) is 11.3. The van der Waals surface area contributed by atoms with Gasteiger partial charge in [-0.3, -0.25) is 0 Å². The third kappa shape index (κ3) is 2.24. The molecule has 4 heteroatoms. The van der Waals surface area contributed by atoms with Gasteiger partial charge < -0.3 is 14.6 Å². The van der Waals surface area contributed by atoms with E-state index in [1.807, 2.05) is 36.1 Å². The van der Waals surface area contributed by atoms with Crippen molar-refractivity contribution in [2.45, 2.75) is 19.1 Å². The summed E-state index contributed by atoms with van der Waals surface area (Å²) >= 11 is 0. The predicted molar refractivity (Wildman–Crippen MR) is 69.5 cm³/mol. The van der Waals surface area contributed by atoms with E-state index in [-0.39, 0.29) is 6.10 Å². The molecule has 1 N–H and O–H groups in total. The first-order chi connectivity index (χ1) is 8.83. The summed E-state index contributed by atoms with van der Waals surface area (Å²) in [7, 11) is 2.01. The molecule has 1 aliphatic heterocycles. The van der Waals surface area contributed by atoms with Crippen LogP contribution in [-0.2, 0) is 20.0 Å². The maximum absolute atomic E-state index is 5.87. The van der Waals surface area contributed by atoms with Crippen molar-refractivity contribution in [3.05, 3.63) is 48.0 Å². The molecule has 3 rings (SSSR count). The van der Waals surface area contributed by atoms with Gasteiger partial charge >= 0.3 is 0 Å². The molecular weight excluding hydrogens is 226 g/mol. The molecule has 1 unspecified atom stereocenters. The maximum Gasteiger partial charge on any atom is 0.123 e. The number of hydrogen-bond acceptors (Lipinski definition) is 3. The zero-order valence-electron chi connectivity index (χ0n) is 10.5. The highest BCUT2D eigenvalue weighted by molar-refractivity contribution is 5.37. The number of rotatable bonds is 4. The molecule has 2 aromatic rings. The van der Waals surface area contributed by atoms with Gasteiger partial charge in [0.15, 0.2) is 0 Å². The standard InChI is InChI=1S/C14H17N3O/c1-17-7-6-16-14(17)10-15-9-12-8-11-4-2-3-5-13(11)18-12/h2-7,12,15H,8-10H2,1H3. The lowest BCUT2D eigenvalue weighted by molar-refractivity contribution is 0.226. The normalized spacial score (nSPS) is 17.5. The van der Waals surface area contributed by atoms with Crippen molar-refractivity contribution < 1.29 is 4.74 Å². The van der Waals surface area contributed by atoms with Crippen molar-refractivity contribution in [1.29, 1.82) is 0 Å². The topological polar surface area (TPSA) is 39.1 Å². The number of imidazole rings is 1. The van der Waals surface area contributed by atoms with Crippen LogP contribution in [0.5, 0.6) is 5.75 Å². The van der Waals surface area contributed by atoms with Crippen molar-refractivity contribution in [2.75, 3.05) is 6.54 Å². The van der Waals surface area contributed by atoms with E-state index >= 15 is 0 Å². The van der Waals surface area contributed by atoms with Crippen LogP contribution in [0.1, 0.15) is 11.4 Å². The molecule has 0 spiro atoms. The molecule has 1 atom stereocenters. The fraction of sp³-hybridized carbons (Fsp3) is 0.357. The van der Waals surface area contributed by atoms with E-state index in [0.717, 1.165) is 31.1 Å². The van der Waals surface area contributed by atoms with E-state index in [9.17, 15) is 0 Å². The van der Waals surface area contributed by atoms with Gasteiger partial charge in [0.25, 0.3) is 0 Å². The summed E-state index contributed by atoms with van der Waals surface area (Å²) in [6.07, 6.45) is 5.00. The summed E-state index contributed by atoms with van der Waals surface area (Å²) in [5.41, 5.74) is 1.31. The van der Waals surface area contributed by atoms with Crippen molar-refractivity contribution in [1.82, 2.24) is 14.9 Å². The third-order valence-corrected chi connectivity index (χ3v) is 3.29. The number of benzene rings is 1. The molecule has 0 saturated carbocycles. The summed E-state index contributed by atoms with van der Waals surface area (Å²) in [6, 6.07) is 8.25. The Labute approximate surface area is 107 Å². The van der Waals surface area contributed by atoms with Gasteiger partial charge in [0.2, 0.25) is 0 Å². The number of hydrogen-bond donors (Lipinski definition) is 1. The minimum absolute atomic E-state index is 0.239. The van der Waals surface area contributed by atoms with Crippen molar-refractivity contribution in [2.24, 2.45) is 7.05 Å². The van der Waals surface area contributed by atoms with Crippen LogP contribution in [0.2, 0.25) is 0 Å². The summed E-state index contributed by atoms with van der Waals surface area (Å²) in [6.45, 7) is 1.63. The van der Waals surface area contributed by atoms with E-state index in [4.69, 9.17) is 4.74 Å². The SMILES string of the molecule is Cn1ccnc1CNCC1Cc2ccccc2O1. The zero-order valence-corrected chi connectivity index (χ0v) is 10.5. The second kappa shape index (κ2) is 4.82. The first-order valence-corrected chi connectivity index (χ1v) is 6.24. The molecular formula is C14H17N3O. The molecule has 0 saturated heterocycles. The van der Waals surface area contributed by atoms with Crippen LogP contribution in [0, 0.1) is 0 Å². The summed E-state index contributed by atoms with van der Waals surface area (Å²) in [5, 5.41) is 3.40. The smallest absolute Gasteiger partial charge is 0.123 e. The van der Waals surface area contributed by atoms with Gasteiger partial charge in [-0.25, -0.2) is 4.98 Å². The Bertz CT molecular complexity index is 510. The molecule has 0 aliphatic carbocycles. The van der Waals surface area contributed by atoms with Gasteiger partial charge in [-0.05, 0) is 11.6 Å². The Morgan fingerprint density at radius 3 is 3.11 bits per heavy atom. The Morgan fingerprint density at radius 1 is 1.44 bits per heavy atom. The summed E-state index contributed by atoms with van der Waals surface area (Å²) in [5.74, 6) is 2.08. The lowest BCUT2D eigenvalue weighted by atomic mass is 10.1. The Kier molecular flexibility index (Phi) is 3.02. The first-order valence-electron chi connectivity index (χ1n) is 6.24. The van der Waals surface area contributed by atoms with E-state index in [0.29, 0.717) is 0 Å². The molecule has 1 aromatic heterocycles. The van der Waals surface area contributed by atoms with E-state index in [2.05, 4.69) is 22.4 Å². The number of aryl methyl sites for hydroxylation is 1. The second-order valence-corrected chi connectivity index (χ2v) is 4.64. The number of fused-ring (bicyclic) bond motifs is 1. The van der Waals surface area contributed by atoms with Gasteiger partial charge in [0.1, 0.15) is 17.7 Å². The molecule has 2 heterocycles. The maximum atomic E-state index is 5.87. The molecule has 4 nitrogen and oxygen atoms in total. The predicted octanol–water partition coefficient (Wildman–Crippen LogP) is 1.51. The van der Waals surface area contributed by atoms with Gasteiger partial charge in [-0.1, -0.05) is 18.2 Å². The minimum Gasteiger partial charge on any atom is -0.488 e. The fourth-order valence-electron chi connectivity index (χ4n) is 2.28. The monoisotopic (exact) mass is 243 g/mol. The zero-order chi connectivity index (χ0) is 12.4. The lowest BCUT2D eigenvalue weighted by Crippen LogP contribution is -2.30. The van der Waals surface area contributed by atoms with E-state index in [1.54, 1.807) is 0 Å².